The number of para-hydroxylation sites is 1. The molecule has 0 bridgehead atoms. The van der Waals surface area contributed by atoms with Crippen molar-refractivity contribution in [2.24, 2.45) is 5.73 Å². The highest BCUT2D eigenvalue weighted by Crippen LogP contribution is 2.43. The van der Waals surface area contributed by atoms with Gasteiger partial charge in [0.1, 0.15) is 40.2 Å². The third kappa shape index (κ3) is 3.58. The number of carbonyl (C=O) groups excluding carboxylic acids is 1. The van der Waals surface area contributed by atoms with Gasteiger partial charge in [0.25, 0.3) is 5.69 Å². The molecular weight excluding hydrogens is 402 g/mol. The van der Waals surface area contributed by atoms with Gasteiger partial charge in [0.15, 0.2) is 0 Å². The van der Waals surface area contributed by atoms with Crippen LogP contribution in [0, 0.1) is 28.4 Å². The quantitative estimate of drug-likeness (QED) is 0.291. The Labute approximate surface area is 176 Å². The smallest absolute Gasteiger partial charge is 0.350 e. The topological polar surface area (TPSA) is 142 Å². The van der Waals surface area contributed by atoms with Crippen LogP contribution in [-0.2, 0) is 0 Å². The van der Waals surface area contributed by atoms with Gasteiger partial charge in [-0.3, -0.25) is 10.1 Å². The van der Waals surface area contributed by atoms with Gasteiger partial charge in [0, 0.05) is 17.7 Å². The molecule has 0 aliphatic carbocycles. The maximum atomic E-state index is 12.5. The Balaban J connectivity index is 1.69. The number of nitro groups is 1. The lowest BCUT2D eigenvalue weighted by atomic mass is 9.87. The number of nitrogens with zero attached hydrogens (tertiary/aromatic N) is 2. The summed E-state index contributed by atoms with van der Waals surface area (Å²) in [7, 11) is 0. The predicted octanol–water partition coefficient (Wildman–Crippen LogP) is 3.93. The zero-order valence-electron chi connectivity index (χ0n) is 16.2. The van der Waals surface area contributed by atoms with Crippen LogP contribution in [0.3, 0.4) is 0 Å². The minimum absolute atomic E-state index is 0.0868. The highest BCUT2D eigenvalue weighted by Gasteiger charge is 2.33. The molecule has 2 N–H and O–H groups in total. The first-order chi connectivity index (χ1) is 14.9. The number of carbonyl (C=O) groups is 1. The van der Waals surface area contributed by atoms with Crippen LogP contribution in [0.2, 0.25) is 0 Å². The number of nitrogens with two attached hydrogens (primary N) is 1. The first-order valence-corrected chi connectivity index (χ1v) is 9.12. The van der Waals surface area contributed by atoms with Gasteiger partial charge in [0.05, 0.1) is 10.8 Å². The first-order valence-electron chi connectivity index (χ1n) is 9.12. The highest BCUT2D eigenvalue weighted by atomic mass is 16.6. The Bertz CT molecular complexity index is 1280. The minimum atomic E-state index is -0.887. The van der Waals surface area contributed by atoms with Crippen molar-refractivity contribution in [3.8, 4) is 17.6 Å². The van der Waals surface area contributed by atoms with Crippen LogP contribution < -0.4 is 15.2 Å². The number of fused-ring (bicyclic) bond motifs is 1. The molecule has 9 nitrogen and oxygen atoms in total. The Morgan fingerprint density at radius 3 is 2.68 bits per heavy atom. The number of rotatable bonds is 4. The fourth-order valence-corrected chi connectivity index (χ4v) is 3.37. The van der Waals surface area contributed by atoms with E-state index in [9.17, 15) is 20.2 Å². The number of furan rings is 1. The second kappa shape index (κ2) is 7.68. The molecule has 0 amide bonds. The predicted molar refractivity (Wildman–Crippen MR) is 107 cm³/mol. The molecule has 1 aromatic heterocycles. The second-order valence-corrected chi connectivity index (χ2v) is 6.74. The lowest BCUT2D eigenvalue weighted by molar-refractivity contribution is -0.385. The van der Waals surface area contributed by atoms with Crippen LogP contribution in [0.4, 0.5) is 5.69 Å². The number of hydrogen-bond donors (Lipinski definition) is 1. The van der Waals surface area contributed by atoms with Crippen LogP contribution >= 0.6 is 0 Å². The van der Waals surface area contributed by atoms with E-state index in [2.05, 4.69) is 6.07 Å². The number of aryl methyl sites for hydroxylation is 1. The van der Waals surface area contributed by atoms with Gasteiger partial charge in [-0.15, -0.1) is 0 Å². The number of benzene rings is 2. The molecule has 9 heteroatoms. The largest absolute Gasteiger partial charge is 0.465 e. The van der Waals surface area contributed by atoms with E-state index in [1.807, 2.05) is 0 Å². The molecule has 0 fully saturated rings. The van der Waals surface area contributed by atoms with Crippen LogP contribution in [0.15, 0.2) is 70.5 Å². The van der Waals surface area contributed by atoms with Crippen molar-refractivity contribution < 1.29 is 23.6 Å². The van der Waals surface area contributed by atoms with E-state index in [1.165, 1.54) is 36.4 Å². The van der Waals surface area contributed by atoms with Gasteiger partial charge in [-0.25, -0.2) is 4.79 Å². The maximum absolute atomic E-state index is 12.5. The summed E-state index contributed by atoms with van der Waals surface area (Å²) in [6.45, 7) is 1.79. The molecule has 0 radical (unpaired) electrons. The van der Waals surface area contributed by atoms with Gasteiger partial charge in [-0.05, 0) is 31.2 Å². The summed E-state index contributed by atoms with van der Waals surface area (Å²) in [6, 6.07) is 15.7. The van der Waals surface area contributed by atoms with Crippen molar-refractivity contribution in [1.29, 1.82) is 5.26 Å². The van der Waals surface area contributed by atoms with Crippen molar-refractivity contribution in [2.45, 2.75) is 12.8 Å². The van der Waals surface area contributed by atoms with Crippen LogP contribution in [0.5, 0.6) is 11.5 Å². The fourth-order valence-electron chi connectivity index (χ4n) is 3.37. The summed E-state index contributed by atoms with van der Waals surface area (Å²) in [5, 5.41) is 20.7. The third-order valence-electron chi connectivity index (χ3n) is 4.77. The SMILES string of the molecule is Cc1ccc(C2C(C#N)=C(N)Oc3cc(OC(=O)c4ccccc4[N+](=O)[O-])ccc32)o1. The number of hydrogen-bond acceptors (Lipinski definition) is 8. The molecule has 1 unspecified atom stereocenters. The molecule has 1 aliphatic rings. The lowest BCUT2D eigenvalue weighted by Crippen LogP contribution is -2.21. The molecule has 0 saturated carbocycles. The Morgan fingerprint density at radius 1 is 1.23 bits per heavy atom. The van der Waals surface area contributed by atoms with Gasteiger partial charge in [0.2, 0.25) is 5.88 Å². The molecule has 1 atom stereocenters. The summed E-state index contributed by atoms with van der Waals surface area (Å²) in [4.78, 5) is 23.0. The van der Waals surface area contributed by atoms with E-state index in [1.54, 1.807) is 25.1 Å². The van der Waals surface area contributed by atoms with Crippen molar-refractivity contribution in [2.75, 3.05) is 0 Å². The number of nitro benzene ring substituents is 1. The summed E-state index contributed by atoms with van der Waals surface area (Å²) < 4.78 is 16.6. The van der Waals surface area contributed by atoms with Crippen LogP contribution in [0.1, 0.15) is 33.4 Å². The normalized spacial score (nSPS) is 14.9. The maximum Gasteiger partial charge on any atom is 0.350 e. The summed E-state index contributed by atoms with van der Waals surface area (Å²) in [5.74, 6) is 0.0224. The molecule has 4 rings (SSSR count). The van der Waals surface area contributed by atoms with Crippen LogP contribution in [0.25, 0.3) is 0 Å². The second-order valence-electron chi connectivity index (χ2n) is 6.74. The van der Waals surface area contributed by atoms with Gasteiger partial charge in [-0.1, -0.05) is 18.2 Å². The molecular formula is C22H15N3O6. The average Bonchev–Trinajstić information content (AvgIpc) is 3.18. The molecule has 154 valence electrons. The monoisotopic (exact) mass is 417 g/mol. The molecule has 0 saturated heterocycles. The molecule has 2 aromatic carbocycles. The Kier molecular flexibility index (Phi) is 4.89. The van der Waals surface area contributed by atoms with Crippen molar-refractivity contribution in [3.05, 3.63) is 98.8 Å². The minimum Gasteiger partial charge on any atom is -0.465 e. The Morgan fingerprint density at radius 2 is 2.00 bits per heavy atom. The van der Waals surface area contributed by atoms with E-state index in [-0.39, 0.29) is 34.2 Å². The van der Waals surface area contributed by atoms with Gasteiger partial charge in [-0.2, -0.15) is 5.26 Å². The van der Waals surface area contributed by atoms with Crippen molar-refractivity contribution >= 4 is 11.7 Å². The fraction of sp³-hybridized carbons (Fsp3) is 0.0909. The number of allylic oxidation sites excluding steroid dienone is 1. The summed E-state index contributed by atoms with van der Waals surface area (Å²) in [6.07, 6.45) is 0. The molecule has 0 spiro atoms. The van der Waals surface area contributed by atoms with E-state index in [0.717, 1.165) is 0 Å². The van der Waals surface area contributed by atoms with Crippen LogP contribution in [-0.4, -0.2) is 10.9 Å². The summed E-state index contributed by atoms with van der Waals surface area (Å²) >= 11 is 0. The van der Waals surface area contributed by atoms with E-state index >= 15 is 0 Å². The molecule has 31 heavy (non-hydrogen) atoms. The van der Waals surface area contributed by atoms with E-state index in [0.29, 0.717) is 17.1 Å². The first kappa shape index (κ1) is 19.7. The average molecular weight is 417 g/mol. The highest BCUT2D eigenvalue weighted by molar-refractivity contribution is 5.95. The van der Waals surface area contributed by atoms with Crippen molar-refractivity contribution in [3.63, 3.8) is 0 Å². The molecule has 1 aliphatic heterocycles. The van der Waals surface area contributed by atoms with E-state index < -0.39 is 16.8 Å². The van der Waals surface area contributed by atoms with Crippen molar-refractivity contribution in [1.82, 2.24) is 0 Å². The number of ether oxygens (including phenoxy) is 2. The lowest BCUT2D eigenvalue weighted by Gasteiger charge is -2.25. The van der Waals surface area contributed by atoms with Gasteiger partial charge < -0.3 is 19.6 Å². The number of esters is 1. The third-order valence-corrected chi connectivity index (χ3v) is 4.77. The Hall–Kier alpha value is -4.58. The molecule has 2 heterocycles. The number of nitriles is 1. The zero-order chi connectivity index (χ0) is 22.1. The van der Waals surface area contributed by atoms with Gasteiger partial charge >= 0.3 is 5.97 Å². The van der Waals surface area contributed by atoms with E-state index in [4.69, 9.17) is 19.6 Å². The molecule has 3 aromatic rings. The standard InChI is InChI=1S/C22H15N3O6/c1-12-6-9-18(29-12)20-15-8-7-13(10-19(15)31-21(24)16(20)11-23)30-22(26)14-4-2-3-5-17(14)25(27)28/h2-10,20H,24H2,1H3. The zero-order valence-corrected chi connectivity index (χ0v) is 16.2. The summed E-state index contributed by atoms with van der Waals surface area (Å²) in [5.41, 5.74) is 6.21.